The molecule has 0 radical (unpaired) electrons. The third-order valence-electron chi connectivity index (χ3n) is 3.97. The van der Waals surface area contributed by atoms with Crippen molar-refractivity contribution in [3.05, 3.63) is 59.2 Å². The molecule has 2 rings (SSSR count). The van der Waals surface area contributed by atoms with Gasteiger partial charge >= 0.3 is 0 Å². The summed E-state index contributed by atoms with van der Waals surface area (Å²) in [5.41, 5.74) is 3.22. The first-order chi connectivity index (χ1) is 11.0. The lowest BCUT2D eigenvalue weighted by Crippen LogP contribution is -2.14. The van der Waals surface area contributed by atoms with Crippen molar-refractivity contribution in [2.24, 2.45) is 0 Å². The molecule has 0 fully saturated rings. The SMILES string of the molecule is COc1cc(CC(O)Cc2ccccc2)cc(OC)c1C(C)C. The Morgan fingerprint density at radius 3 is 1.87 bits per heavy atom. The van der Waals surface area contributed by atoms with Crippen molar-refractivity contribution in [1.82, 2.24) is 0 Å². The molecule has 0 heterocycles. The quantitative estimate of drug-likeness (QED) is 0.840. The van der Waals surface area contributed by atoms with Crippen molar-refractivity contribution in [3.8, 4) is 11.5 Å². The van der Waals surface area contributed by atoms with E-state index >= 15 is 0 Å². The van der Waals surface area contributed by atoms with Crippen LogP contribution in [0.25, 0.3) is 0 Å². The zero-order valence-electron chi connectivity index (χ0n) is 14.4. The van der Waals surface area contributed by atoms with E-state index in [-0.39, 0.29) is 0 Å². The number of rotatable bonds is 7. The summed E-state index contributed by atoms with van der Waals surface area (Å²) in [7, 11) is 3.34. The molecule has 0 saturated carbocycles. The molecule has 2 aromatic rings. The van der Waals surface area contributed by atoms with Crippen LogP contribution in [0.1, 0.15) is 36.5 Å². The number of aliphatic hydroxyl groups is 1. The van der Waals surface area contributed by atoms with Crippen LogP contribution < -0.4 is 9.47 Å². The largest absolute Gasteiger partial charge is 0.496 e. The summed E-state index contributed by atoms with van der Waals surface area (Å²) in [5, 5.41) is 10.4. The molecule has 0 saturated heterocycles. The van der Waals surface area contributed by atoms with Gasteiger partial charge in [-0.3, -0.25) is 0 Å². The van der Waals surface area contributed by atoms with Crippen molar-refractivity contribution >= 4 is 0 Å². The Bertz CT molecular complexity index is 595. The summed E-state index contributed by atoms with van der Waals surface area (Å²) in [6.07, 6.45) is 0.772. The van der Waals surface area contributed by atoms with E-state index in [0.29, 0.717) is 18.8 Å². The van der Waals surface area contributed by atoms with Gasteiger partial charge in [-0.2, -0.15) is 0 Å². The summed E-state index contributed by atoms with van der Waals surface area (Å²) in [6, 6.07) is 14.0. The Morgan fingerprint density at radius 2 is 1.39 bits per heavy atom. The Morgan fingerprint density at radius 1 is 0.870 bits per heavy atom. The molecule has 0 bridgehead atoms. The molecular formula is C20H26O3. The minimum absolute atomic E-state index is 0.309. The summed E-state index contributed by atoms with van der Waals surface area (Å²) in [4.78, 5) is 0. The maximum Gasteiger partial charge on any atom is 0.126 e. The predicted molar refractivity (Wildman–Crippen MR) is 93.5 cm³/mol. The van der Waals surface area contributed by atoms with E-state index in [1.54, 1.807) is 14.2 Å². The van der Waals surface area contributed by atoms with Crippen LogP contribution in [-0.2, 0) is 12.8 Å². The lowest BCUT2D eigenvalue weighted by atomic mass is 9.95. The van der Waals surface area contributed by atoms with Crippen LogP contribution in [0, 0.1) is 0 Å². The zero-order chi connectivity index (χ0) is 16.8. The van der Waals surface area contributed by atoms with Crippen molar-refractivity contribution in [1.29, 1.82) is 0 Å². The monoisotopic (exact) mass is 314 g/mol. The first kappa shape index (κ1) is 17.4. The molecule has 1 unspecified atom stereocenters. The maximum atomic E-state index is 10.4. The standard InChI is InChI=1S/C20H26O3/c1-14(2)20-18(22-3)12-16(13-19(20)23-4)11-17(21)10-15-8-6-5-7-9-15/h5-9,12-14,17,21H,10-11H2,1-4H3. The van der Waals surface area contributed by atoms with Crippen LogP contribution in [-0.4, -0.2) is 25.4 Å². The third-order valence-corrected chi connectivity index (χ3v) is 3.97. The molecule has 3 heteroatoms. The van der Waals surface area contributed by atoms with Crippen molar-refractivity contribution in [2.75, 3.05) is 14.2 Å². The van der Waals surface area contributed by atoms with Gasteiger partial charge in [0, 0.05) is 5.56 Å². The summed E-state index contributed by atoms with van der Waals surface area (Å²) < 4.78 is 11.1. The molecule has 23 heavy (non-hydrogen) atoms. The molecule has 0 aliphatic heterocycles. The van der Waals surface area contributed by atoms with Gasteiger partial charge in [-0.1, -0.05) is 44.2 Å². The molecule has 0 spiro atoms. The highest BCUT2D eigenvalue weighted by molar-refractivity contribution is 5.50. The molecule has 0 amide bonds. The van der Waals surface area contributed by atoms with E-state index in [4.69, 9.17) is 9.47 Å². The third kappa shape index (κ3) is 4.49. The topological polar surface area (TPSA) is 38.7 Å². The number of hydrogen-bond donors (Lipinski definition) is 1. The minimum atomic E-state index is -0.434. The van der Waals surface area contributed by atoms with Gasteiger partial charge in [0.15, 0.2) is 0 Å². The number of methoxy groups -OCH3 is 2. The molecule has 1 N–H and O–H groups in total. The Kier molecular flexibility index (Phi) is 6.05. The van der Waals surface area contributed by atoms with E-state index < -0.39 is 6.10 Å². The minimum Gasteiger partial charge on any atom is -0.496 e. The first-order valence-corrected chi connectivity index (χ1v) is 8.02. The Hall–Kier alpha value is -2.00. The van der Waals surface area contributed by atoms with Gasteiger partial charge in [-0.15, -0.1) is 0 Å². The molecule has 0 aliphatic rings. The molecule has 0 aromatic heterocycles. The summed E-state index contributed by atoms with van der Waals surface area (Å²) >= 11 is 0. The second-order valence-electron chi connectivity index (χ2n) is 6.12. The van der Waals surface area contributed by atoms with Crippen LogP contribution >= 0.6 is 0 Å². The first-order valence-electron chi connectivity index (χ1n) is 8.02. The number of aliphatic hydroxyl groups excluding tert-OH is 1. The Balaban J connectivity index is 2.19. The number of hydrogen-bond acceptors (Lipinski definition) is 3. The van der Waals surface area contributed by atoms with Crippen LogP contribution in [0.3, 0.4) is 0 Å². The predicted octanol–water partition coefficient (Wildman–Crippen LogP) is 3.97. The molecule has 0 aliphatic carbocycles. The van der Waals surface area contributed by atoms with E-state index in [1.807, 2.05) is 42.5 Å². The van der Waals surface area contributed by atoms with Crippen molar-refractivity contribution in [2.45, 2.75) is 38.7 Å². The molecule has 3 nitrogen and oxygen atoms in total. The van der Waals surface area contributed by atoms with Crippen LogP contribution in [0.2, 0.25) is 0 Å². The fourth-order valence-electron chi connectivity index (χ4n) is 2.91. The van der Waals surface area contributed by atoms with Crippen LogP contribution in [0.5, 0.6) is 11.5 Å². The van der Waals surface area contributed by atoms with Crippen molar-refractivity contribution < 1.29 is 14.6 Å². The van der Waals surface area contributed by atoms with E-state index in [1.165, 1.54) is 0 Å². The number of benzene rings is 2. The highest BCUT2D eigenvalue weighted by Crippen LogP contribution is 2.36. The van der Waals surface area contributed by atoms with Crippen LogP contribution in [0.4, 0.5) is 0 Å². The van der Waals surface area contributed by atoms with Gasteiger partial charge in [0.25, 0.3) is 0 Å². The van der Waals surface area contributed by atoms with E-state index in [2.05, 4.69) is 13.8 Å². The number of ether oxygens (including phenoxy) is 2. The van der Waals surface area contributed by atoms with Gasteiger partial charge in [0.2, 0.25) is 0 Å². The molecular weight excluding hydrogens is 288 g/mol. The average molecular weight is 314 g/mol. The molecule has 1 atom stereocenters. The van der Waals surface area contributed by atoms with E-state index in [0.717, 1.165) is 28.2 Å². The highest BCUT2D eigenvalue weighted by atomic mass is 16.5. The second kappa shape index (κ2) is 8.02. The van der Waals surface area contributed by atoms with Gasteiger partial charge in [-0.25, -0.2) is 0 Å². The Labute approximate surface area is 138 Å². The molecule has 124 valence electrons. The smallest absolute Gasteiger partial charge is 0.126 e. The van der Waals surface area contributed by atoms with Gasteiger partial charge in [0.05, 0.1) is 20.3 Å². The van der Waals surface area contributed by atoms with Gasteiger partial charge < -0.3 is 14.6 Å². The maximum absolute atomic E-state index is 10.4. The summed E-state index contributed by atoms with van der Waals surface area (Å²) in [6.45, 7) is 4.23. The fourth-order valence-corrected chi connectivity index (χ4v) is 2.91. The molecule has 2 aromatic carbocycles. The highest BCUT2D eigenvalue weighted by Gasteiger charge is 2.17. The van der Waals surface area contributed by atoms with Crippen molar-refractivity contribution in [3.63, 3.8) is 0 Å². The fraction of sp³-hybridized carbons (Fsp3) is 0.400. The van der Waals surface area contributed by atoms with Crippen LogP contribution in [0.15, 0.2) is 42.5 Å². The second-order valence-corrected chi connectivity index (χ2v) is 6.12. The lowest BCUT2D eigenvalue weighted by Gasteiger charge is -2.19. The summed E-state index contributed by atoms with van der Waals surface area (Å²) in [5.74, 6) is 1.95. The lowest BCUT2D eigenvalue weighted by molar-refractivity contribution is 0.175. The average Bonchev–Trinajstić information content (AvgIpc) is 2.54. The van der Waals surface area contributed by atoms with Gasteiger partial charge in [0.1, 0.15) is 11.5 Å². The zero-order valence-corrected chi connectivity index (χ0v) is 14.4. The normalized spacial score (nSPS) is 12.3. The van der Waals surface area contributed by atoms with Gasteiger partial charge in [-0.05, 0) is 42.0 Å². The van der Waals surface area contributed by atoms with E-state index in [9.17, 15) is 5.11 Å².